The van der Waals surface area contributed by atoms with E-state index in [2.05, 4.69) is 0 Å². The number of ketones is 1. The maximum absolute atomic E-state index is 13.2. The third-order valence-electron chi connectivity index (χ3n) is 2.77. The van der Waals surface area contributed by atoms with Crippen molar-refractivity contribution < 1.29 is 9.18 Å². The highest BCUT2D eigenvalue weighted by Gasteiger charge is 2.19. The van der Waals surface area contributed by atoms with Crippen LogP contribution in [0, 0.1) is 17.7 Å². The van der Waals surface area contributed by atoms with Crippen LogP contribution in [0.3, 0.4) is 0 Å². The van der Waals surface area contributed by atoms with Gasteiger partial charge >= 0.3 is 0 Å². The van der Waals surface area contributed by atoms with Crippen molar-refractivity contribution in [3.05, 3.63) is 34.6 Å². The van der Waals surface area contributed by atoms with Crippen molar-refractivity contribution in [3.63, 3.8) is 0 Å². The van der Waals surface area contributed by atoms with Crippen molar-refractivity contribution >= 4 is 17.4 Å². The second-order valence-electron chi connectivity index (χ2n) is 4.41. The van der Waals surface area contributed by atoms with Crippen LogP contribution in [-0.4, -0.2) is 5.78 Å². The van der Waals surface area contributed by atoms with E-state index in [9.17, 15) is 9.18 Å². The van der Waals surface area contributed by atoms with Crippen molar-refractivity contribution in [3.8, 4) is 0 Å². The van der Waals surface area contributed by atoms with Crippen LogP contribution in [-0.2, 0) is 11.2 Å². The molecule has 0 saturated carbocycles. The largest absolute Gasteiger partial charge is 0.300 e. The van der Waals surface area contributed by atoms with E-state index in [0.717, 1.165) is 5.56 Å². The van der Waals surface area contributed by atoms with Gasteiger partial charge in [-0.1, -0.05) is 31.5 Å². The van der Waals surface area contributed by atoms with Crippen LogP contribution in [0.5, 0.6) is 0 Å². The molecule has 0 radical (unpaired) electrons. The number of Topliss-reactive ketones (excluding diaryl/α,β-unsaturated/α-hetero) is 1. The molecule has 0 N–H and O–H groups in total. The fraction of sp³-hybridized carbons (Fsp3) is 0.462. The highest BCUT2D eigenvalue weighted by atomic mass is 35.5. The van der Waals surface area contributed by atoms with Gasteiger partial charge in [0.25, 0.3) is 0 Å². The highest BCUT2D eigenvalue weighted by molar-refractivity contribution is 6.30. The molecule has 0 aliphatic rings. The fourth-order valence-electron chi connectivity index (χ4n) is 1.77. The van der Waals surface area contributed by atoms with Crippen molar-refractivity contribution in [1.82, 2.24) is 0 Å². The van der Waals surface area contributed by atoms with E-state index in [0.29, 0.717) is 6.42 Å². The Morgan fingerprint density at radius 3 is 2.50 bits per heavy atom. The molecule has 16 heavy (non-hydrogen) atoms. The number of carbonyl (C=O) groups is 1. The maximum atomic E-state index is 13.2. The number of benzene rings is 1. The van der Waals surface area contributed by atoms with Crippen LogP contribution >= 0.6 is 11.6 Å². The van der Waals surface area contributed by atoms with E-state index in [1.54, 1.807) is 13.0 Å². The molecule has 0 spiro atoms. The van der Waals surface area contributed by atoms with E-state index in [-0.39, 0.29) is 22.6 Å². The van der Waals surface area contributed by atoms with Gasteiger partial charge < -0.3 is 0 Å². The first kappa shape index (κ1) is 13.2. The Kier molecular flexibility index (Phi) is 4.48. The molecule has 1 rings (SSSR count). The van der Waals surface area contributed by atoms with Crippen molar-refractivity contribution in [1.29, 1.82) is 0 Å². The molecule has 1 aromatic rings. The molecule has 0 heterocycles. The first-order valence-corrected chi connectivity index (χ1v) is 5.74. The third-order valence-corrected chi connectivity index (χ3v) is 3.07. The monoisotopic (exact) mass is 242 g/mol. The molecule has 1 aromatic carbocycles. The molecular formula is C13H16ClFO. The van der Waals surface area contributed by atoms with Gasteiger partial charge in [0.15, 0.2) is 0 Å². The predicted octanol–water partition coefficient (Wildman–Crippen LogP) is 3.88. The second kappa shape index (κ2) is 5.44. The zero-order chi connectivity index (χ0) is 12.3. The molecular weight excluding hydrogens is 227 g/mol. The lowest BCUT2D eigenvalue weighted by Gasteiger charge is -2.17. The van der Waals surface area contributed by atoms with E-state index in [1.165, 1.54) is 12.1 Å². The van der Waals surface area contributed by atoms with Gasteiger partial charge in [0.2, 0.25) is 0 Å². The van der Waals surface area contributed by atoms with Crippen LogP contribution < -0.4 is 0 Å². The minimum absolute atomic E-state index is 0.0550. The van der Waals surface area contributed by atoms with Gasteiger partial charge in [-0.15, -0.1) is 0 Å². The Labute approximate surface area is 101 Å². The summed E-state index contributed by atoms with van der Waals surface area (Å²) in [6, 6.07) is 4.70. The smallest absolute Gasteiger partial charge is 0.142 e. The number of carbonyl (C=O) groups excluding carboxylic acids is 1. The predicted molar refractivity (Wildman–Crippen MR) is 64.1 cm³/mol. The van der Waals surface area contributed by atoms with E-state index >= 15 is 0 Å². The Morgan fingerprint density at radius 2 is 2.06 bits per heavy atom. The van der Waals surface area contributed by atoms with Crippen LogP contribution in [0.15, 0.2) is 18.2 Å². The molecule has 0 saturated heterocycles. The molecule has 0 aliphatic carbocycles. The summed E-state index contributed by atoms with van der Waals surface area (Å²) in [5, 5.41) is 0.118. The quantitative estimate of drug-likeness (QED) is 0.783. The first-order valence-electron chi connectivity index (χ1n) is 5.36. The lowest BCUT2D eigenvalue weighted by molar-refractivity contribution is -0.121. The summed E-state index contributed by atoms with van der Waals surface area (Å²) in [4.78, 5) is 11.4. The summed E-state index contributed by atoms with van der Waals surface area (Å²) < 4.78 is 13.2. The Morgan fingerprint density at radius 1 is 1.44 bits per heavy atom. The Balaban J connectivity index is 2.86. The number of hydrogen-bond acceptors (Lipinski definition) is 1. The highest BCUT2D eigenvalue weighted by Crippen LogP contribution is 2.21. The van der Waals surface area contributed by atoms with Gasteiger partial charge in [-0.05, 0) is 37.0 Å². The Bertz CT molecular complexity index is 388. The lowest BCUT2D eigenvalue weighted by Crippen LogP contribution is -2.20. The Hall–Kier alpha value is -0.890. The van der Waals surface area contributed by atoms with Gasteiger partial charge in [-0.25, -0.2) is 4.39 Å². The van der Waals surface area contributed by atoms with E-state index in [4.69, 9.17) is 11.6 Å². The van der Waals surface area contributed by atoms with Crippen LogP contribution in [0.2, 0.25) is 5.02 Å². The SMILES string of the molecule is CC(=O)C(Cc1ccc(Cl)c(F)c1)C(C)C. The lowest BCUT2D eigenvalue weighted by atomic mass is 9.86. The normalized spacial score (nSPS) is 12.9. The molecule has 0 aliphatic heterocycles. The summed E-state index contributed by atoms with van der Waals surface area (Å²) in [5.41, 5.74) is 0.816. The van der Waals surface area contributed by atoms with Gasteiger partial charge in [-0.2, -0.15) is 0 Å². The first-order chi connectivity index (χ1) is 7.41. The standard InChI is InChI=1S/C13H16ClFO/c1-8(2)11(9(3)16)6-10-4-5-12(14)13(15)7-10/h4-5,7-8,11H,6H2,1-3H3. The number of rotatable bonds is 4. The van der Waals surface area contributed by atoms with Gasteiger partial charge in [0, 0.05) is 5.92 Å². The van der Waals surface area contributed by atoms with E-state index in [1.807, 2.05) is 13.8 Å². The van der Waals surface area contributed by atoms with Crippen LogP contribution in [0.1, 0.15) is 26.3 Å². The molecule has 0 bridgehead atoms. The molecule has 0 aromatic heterocycles. The zero-order valence-corrected chi connectivity index (χ0v) is 10.5. The summed E-state index contributed by atoms with van der Waals surface area (Å²) in [7, 11) is 0. The molecule has 0 amide bonds. The van der Waals surface area contributed by atoms with Gasteiger partial charge in [0.05, 0.1) is 5.02 Å². The minimum Gasteiger partial charge on any atom is -0.300 e. The van der Waals surface area contributed by atoms with Crippen LogP contribution in [0.25, 0.3) is 0 Å². The third kappa shape index (κ3) is 3.31. The number of halogens is 2. The average molecular weight is 243 g/mol. The van der Waals surface area contributed by atoms with Crippen molar-refractivity contribution in [2.24, 2.45) is 11.8 Å². The van der Waals surface area contributed by atoms with Crippen LogP contribution in [0.4, 0.5) is 4.39 Å². The maximum Gasteiger partial charge on any atom is 0.142 e. The van der Waals surface area contributed by atoms with E-state index < -0.39 is 5.82 Å². The molecule has 3 heteroatoms. The fourth-order valence-corrected chi connectivity index (χ4v) is 1.89. The molecule has 88 valence electrons. The molecule has 0 fully saturated rings. The molecule has 1 atom stereocenters. The van der Waals surface area contributed by atoms with Crippen molar-refractivity contribution in [2.75, 3.05) is 0 Å². The van der Waals surface area contributed by atoms with Gasteiger partial charge in [-0.3, -0.25) is 4.79 Å². The minimum atomic E-state index is -0.426. The summed E-state index contributed by atoms with van der Waals surface area (Å²) in [5.74, 6) is -0.0765. The number of hydrogen-bond donors (Lipinski definition) is 0. The summed E-state index contributed by atoms with van der Waals surface area (Å²) >= 11 is 5.60. The van der Waals surface area contributed by atoms with Gasteiger partial charge in [0.1, 0.15) is 11.6 Å². The van der Waals surface area contributed by atoms with Crippen molar-refractivity contribution in [2.45, 2.75) is 27.2 Å². The zero-order valence-electron chi connectivity index (χ0n) is 9.76. The average Bonchev–Trinajstić information content (AvgIpc) is 2.18. The summed E-state index contributed by atoms with van der Waals surface area (Å²) in [6.07, 6.45) is 0.571. The summed E-state index contributed by atoms with van der Waals surface area (Å²) in [6.45, 7) is 5.58. The second-order valence-corrected chi connectivity index (χ2v) is 4.82. The molecule has 1 nitrogen and oxygen atoms in total. The molecule has 1 unspecified atom stereocenters. The topological polar surface area (TPSA) is 17.1 Å².